The molecule has 1 aliphatic carbocycles. The van der Waals surface area contributed by atoms with Gasteiger partial charge in [0.2, 0.25) is 0 Å². The fourth-order valence-corrected chi connectivity index (χ4v) is 4.31. The second kappa shape index (κ2) is 7.28. The van der Waals surface area contributed by atoms with Crippen LogP contribution in [0.1, 0.15) is 70.7 Å². The SMILES string of the molecule is CCc1nn(CC)c(CC2(N)CCCC(CC)CC2)c1Br. The second-order valence-corrected chi connectivity index (χ2v) is 7.41. The highest BCUT2D eigenvalue weighted by atomic mass is 79.9. The minimum atomic E-state index is -0.0512. The molecule has 120 valence electrons. The van der Waals surface area contributed by atoms with Crippen LogP contribution in [0.5, 0.6) is 0 Å². The predicted octanol–water partition coefficient (Wildman–Crippen LogP) is 4.46. The predicted molar refractivity (Wildman–Crippen MR) is 92.5 cm³/mol. The standard InChI is InChI=1S/C17H30BrN3/c1-4-13-8-7-10-17(19,11-9-13)12-15-16(18)14(5-2)20-21(15)6-3/h13H,4-12,19H2,1-3H3. The Kier molecular flexibility index (Phi) is 5.89. The highest BCUT2D eigenvalue weighted by Crippen LogP contribution is 2.34. The topological polar surface area (TPSA) is 43.8 Å². The lowest BCUT2D eigenvalue weighted by Gasteiger charge is -2.28. The van der Waals surface area contributed by atoms with Gasteiger partial charge in [-0.3, -0.25) is 4.68 Å². The molecule has 2 N–H and O–H groups in total. The van der Waals surface area contributed by atoms with Gasteiger partial charge < -0.3 is 5.73 Å². The molecule has 0 bridgehead atoms. The molecule has 1 aromatic heterocycles. The highest BCUT2D eigenvalue weighted by Gasteiger charge is 2.31. The number of nitrogens with two attached hydrogens (primary N) is 1. The van der Waals surface area contributed by atoms with Crippen molar-refractivity contribution in [3.63, 3.8) is 0 Å². The van der Waals surface area contributed by atoms with Crippen molar-refractivity contribution in [2.75, 3.05) is 0 Å². The Hall–Kier alpha value is -0.350. The lowest BCUT2D eigenvalue weighted by atomic mass is 9.86. The number of nitrogens with zero attached hydrogens (tertiary/aromatic N) is 2. The third-order valence-electron chi connectivity index (χ3n) is 5.13. The third-order valence-corrected chi connectivity index (χ3v) is 6.04. The van der Waals surface area contributed by atoms with E-state index in [-0.39, 0.29) is 5.54 Å². The van der Waals surface area contributed by atoms with Crippen LogP contribution in [0.25, 0.3) is 0 Å². The van der Waals surface area contributed by atoms with E-state index >= 15 is 0 Å². The van der Waals surface area contributed by atoms with E-state index in [1.54, 1.807) is 0 Å². The zero-order valence-electron chi connectivity index (χ0n) is 13.8. The van der Waals surface area contributed by atoms with Gasteiger partial charge in [-0.2, -0.15) is 5.10 Å². The van der Waals surface area contributed by atoms with Gasteiger partial charge in [0.1, 0.15) is 0 Å². The summed E-state index contributed by atoms with van der Waals surface area (Å²) >= 11 is 3.76. The first kappa shape index (κ1) is 17.0. The maximum Gasteiger partial charge on any atom is 0.0766 e. The molecule has 2 unspecified atom stereocenters. The molecule has 0 aliphatic heterocycles. The molecule has 0 spiro atoms. The van der Waals surface area contributed by atoms with Crippen LogP contribution in [-0.2, 0) is 19.4 Å². The maximum absolute atomic E-state index is 6.79. The summed E-state index contributed by atoms with van der Waals surface area (Å²) in [7, 11) is 0. The monoisotopic (exact) mass is 355 g/mol. The Morgan fingerprint density at radius 2 is 2.05 bits per heavy atom. The highest BCUT2D eigenvalue weighted by molar-refractivity contribution is 9.10. The molecule has 4 heteroatoms. The summed E-state index contributed by atoms with van der Waals surface area (Å²) in [6.45, 7) is 7.55. The Morgan fingerprint density at radius 1 is 1.29 bits per heavy atom. The average molecular weight is 356 g/mol. The van der Waals surface area contributed by atoms with Crippen molar-refractivity contribution >= 4 is 15.9 Å². The summed E-state index contributed by atoms with van der Waals surface area (Å²) in [5.74, 6) is 0.876. The van der Waals surface area contributed by atoms with Crippen LogP contribution in [-0.4, -0.2) is 15.3 Å². The first-order chi connectivity index (χ1) is 10.0. The van der Waals surface area contributed by atoms with Crippen LogP contribution in [0, 0.1) is 5.92 Å². The van der Waals surface area contributed by atoms with Crippen molar-refractivity contribution in [1.29, 1.82) is 0 Å². The number of rotatable bonds is 5. The van der Waals surface area contributed by atoms with Crippen molar-refractivity contribution in [2.45, 2.75) is 84.2 Å². The van der Waals surface area contributed by atoms with Crippen LogP contribution >= 0.6 is 15.9 Å². The van der Waals surface area contributed by atoms with Gasteiger partial charge >= 0.3 is 0 Å². The average Bonchev–Trinajstić information content (AvgIpc) is 2.66. The van der Waals surface area contributed by atoms with E-state index in [4.69, 9.17) is 10.8 Å². The first-order valence-corrected chi connectivity index (χ1v) is 9.35. The smallest absolute Gasteiger partial charge is 0.0766 e. The van der Waals surface area contributed by atoms with E-state index in [0.29, 0.717) is 0 Å². The summed E-state index contributed by atoms with van der Waals surface area (Å²) in [6.07, 6.45) is 9.41. The molecule has 1 aromatic rings. The number of aryl methyl sites for hydroxylation is 2. The molecule has 2 rings (SSSR count). The Bertz CT molecular complexity index is 469. The molecule has 3 nitrogen and oxygen atoms in total. The van der Waals surface area contributed by atoms with E-state index < -0.39 is 0 Å². The maximum atomic E-state index is 6.79. The molecule has 21 heavy (non-hydrogen) atoms. The van der Waals surface area contributed by atoms with Crippen LogP contribution in [0.2, 0.25) is 0 Å². The molecular weight excluding hydrogens is 326 g/mol. The van der Waals surface area contributed by atoms with Gasteiger partial charge in [-0.05, 0) is 54.5 Å². The van der Waals surface area contributed by atoms with Gasteiger partial charge in [-0.1, -0.05) is 33.1 Å². The van der Waals surface area contributed by atoms with E-state index in [0.717, 1.165) is 43.8 Å². The molecule has 2 atom stereocenters. The molecule has 0 saturated heterocycles. The van der Waals surface area contributed by atoms with E-state index in [2.05, 4.69) is 41.4 Å². The van der Waals surface area contributed by atoms with Crippen molar-refractivity contribution in [3.8, 4) is 0 Å². The summed E-state index contributed by atoms with van der Waals surface area (Å²) in [5.41, 5.74) is 9.20. The van der Waals surface area contributed by atoms with Gasteiger partial charge in [-0.15, -0.1) is 0 Å². The van der Waals surface area contributed by atoms with Crippen LogP contribution in [0.15, 0.2) is 4.47 Å². The normalized spacial score (nSPS) is 26.8. The molecule has 1 saturated carbocycles. The van der Waals surface area contributed by atoms with Crippen LogP contribution in [0.4, 0.5) is 0 Å². The summed E-state index contributed by atoms with van der Waals surface area (Å²) in [6, 6.07) is 0. The fourth-order valence-electron chi connectivity index (χ4n) is 3.61. The van der Waals surface area contributed by atoms with E-state index in [1.807, 2.05) is 0 Å². The summed E-state index contributed by atoms with van der Waals surface area (Å²) in [5, 5.41) is 4.71. The quantitative estimate of drug-likeness (QED) is 0.792. The van der Waals surface area contributed by atoms with Gasteiger partial charge in [0.05, 0.1) is 15.9 Å². The summed E-state index contributed by atoms with van der Waals surface area (Å²) < 4.78 is 3.33. The molecule has 0 amide bonds. The van der Waals surface area contributed by atoms with Gasteiger partial charge in [-0.25, -0.2) is 0 Å². The largest absolute Gasteiger partial charge is 0.325 e. The molecule has 0 aromatic carbocycles. The lowest BCUT2D eigenvalue weighted by molar-refractivity contribution is 0.348. The van der Waals surface area contributed by atoms with Crippen LogP contribution < -0.4 is 5.73 Å². The number of aromatic nitrogens is 2. The molecule has 1 fully saturated rings. The molecule has 1 heterocycles. The summed E-state index contributed by atoms with van der Waals surface area (Å²) in [4.78, 5) is 0. The van der Waals surface area contributed by atoms with Crippen LogP contribution in [0.3, 0.4) is 0 Å². The Labute approximate surface area is 137 Å². The number of hydrogen-bond donors (Lipinski definition) is 1. The van der Waals surface area contributed by atoms with E-state index in [1.165, 1.54) is 35.8 Å². The van der Waals surface area contributed by atoms with Crippen molar-refractivity contribution in [2.24, 2.45) is 11.7 Å². The fraction of sp³-hybridized carbons (Fsp3) is 0.824. The zero-order valence-corrected chi connectivity index (χ0v) is 15.4. The van der Waals surface area contributed by atoms with Crippen molar-refractivity contribution in [1.82, 2.24) is 9.78 Å². The Morgan fingerprint density at radius 3 is 2.67 bits per heavy atom. The lowest BCUT2D eigenvalue weighted by Crippen LogP contribution is -2.42. The van der Waals surface area contributed by atoms with Gasteiger partial charge in [0.25, 0.3) is 0 Å². The number of halogens is 1. The molecule has 0 radical (unpaired) electrons. The zero-order chi connectivity index (χ0) is 15.5. The minimum Gasteiger partial charge on any atom is -0.325 e. The molecular formula is C17H30BrN3. The first-order valence-electron chi connectivity index (χ1n) is 8.55. The second-order valence-electron chi connectivity index (χ2n) is 6.62. The van der Waals surface area contributed by atoms with Gasteiger partial charge in [0, 0.05) is 18.5 Å². The minimum absolute atomic E-state index is 0.0512. The Balaban J connectivity index is 2.18. The van der Waals surface area contributed by atoms with Crippen molar-refractivity contribution in [3.05, 3.63) is 15.9 Å². The van der Waals surface area contributed by atoms with Crippen molar-refractivity contribution < 1.29 is 0 Å². The number of hydrogen-bond acceptors (Lipinski definition) is 2. The van der Waals surface area contributed by atoms with Gasteiger partial charge in [0.15, 0.2) is 0 Å². The van der Waals surface area contributed by atoms with E-state index in [9.17, 15) is 0 Å². The third kappa shape index (κ3) is 3.89. The molecule has 1 aliphatic rings.